The highest BCUT2D eigenvalue weighted by Crippen LogP contribution is 2.49. The average molecular weight is 405 g/mol. The van der Waals surface area contributed by atoms with E-state index in [2.05, 4.69) is 13.8 Å². The summed E-state index contributed by atoms with van der Waals surface area (Å²) in [7, 11) is -2.20. The van der Waals surface area contributed by atoms with Crippen molar-refractivity contribution in [2.24, 2.45) is 5.41 Å². The maximum atomic E-state index is 14.6. The van der Waals surface area contributed by atoms with E-state index in [-0.39, 0.29) is 27.7 Å². The van der Waals surface area contributed by atoms with Crippen LogP contribution in [0.4, 0.5) is 4.39 Å². The van der Waals surface area contributed by atoms with E-state index in [0.29, 0.717) is 12.0 Å². The predicted molar refractivity (Wildman–Crippen MR) is 110 cm³/mol. The van der Waals surface area contributed by atoms with Gasteiger partial charge in [0.15, 0.2) is 21.4 Å². The molecule has 1 aliphatic heterocycles. The van der Waals surface area contributed by atoms with E-state index in [9.17, 15) is 12.8 Å². The normalized spacial score (nSPS) is 23.6. The molecule has 0 saturated heterocycles. The lowest BCUT2D eigenvalue weighted by Gasteiger charge is -2.34. The molecule has 3 rings (SSSR count). The number of unbranched alkanes of at least 4 members (excludes halogenated alkanes) is 1. The lowest BCUT2D eigenvalue weighted by Crippen LogP contribution is -2.29. The second-order valence-corrected chi connectivity index (χ2v) is 9.87. The van der Waals surface area contributed by atoms with Crippen molar-refractivity contribution in [1.82, 2.24) is 0 Å². The van der Waals surface area contributed by atoms with Crippen LogP contribution in [0.15, 0.2) is 47.4 Å². The van der Waals surface area contributed by atoms with E-state index >= 15 is 0 Å². The van der Waals surface area contributed by atoms with Crippen LogP contribution in [-0.2, 0) is 9.84 Å². The van der Waals surface area contributed by atoms with Crippen molar-refractivity contribution < 1.29 is 17.5 Å². The Labute approximate surface area is 167 Å². The summed E-state index contributed by atoms with van der Waals surface area (Å²) < 4.78 is 46.5. The topological polar surface area (TPSA) is 43.4 Å². The molecule has 0 saturated carbocycles. The van der Waals surface area contributed by atoms with Crippen LogP contribution >= 0.6 is 0 Å². The van der Waals surface area contributed by atoms with Gasteiger partial charge in [-0.2, -0.15) is 0 Å². The number of rotatable bonds is 6. The number of methoxy groups -OCH3 is 1. The van der Waals surface area contributed by atoms with E-state index in [1.807, 2.05) is 30.3 Å². The minimum atomic E-state index is -3.57. The van der Waals surface area contributed by atoms with Gasteiger partial charge >= 0.3 is 0 Å². The first kappa shape index (κ1) is 20.8. The molecule has 2 aromatic rings. The fraction of sp³-hybridized carbons (Fsp3) is 0.478. The Morgan fingerprint density at radius 1 is 1.18 bits per heavy atom. The van der Waals surface area contributed by atoms with Crippen LogP contribution in [0.3, 0.4) is 0 Å². The van der Waals surface area contributed by atoms with E-state index in [1.165, 1.54) is 19.2 Å². The van der Waals surface area contributed by atoms with Crippen LogP contribution < -0.4 is 4.74 Å². The van der Waals surface area contributed by atoms with Crippen molar-refractivity contribution in [3.8, 4) is 5.75 Å². The van der Waals surface area contributed by atoms with Crippen molar-refractivity contribution in [1.29, 1.82) is 0 Å². The van der Waals surface area contributed by atoms with Crippen LogP contribution in [0.2, 0.25) is 0 Å². The Morgan fingerprint density at radius 2 is 1.89 bits per heavy atom. The fourth-order valence-corrected chi connectivity index (χ4v) is 6.74. The molecule has 2 unspecified atom stereocenters. The van der Waals surface area contributed by atoms with Crippen LogP contribution in [-0.4, -0.2) is 21.3 Å². The Morgan fingerprint density at radius 3 is 2.50 bits per heavy atom. The minimum absolute atomic E-state index is 0.0216. The second-order valence-electron chi connectivity index (χ2n) is 7.91. The Hall–Kier alpha value is -1.88. The van der Waals surface area contributed by atoms with Gasteiger partial charge in [-0.3, -0.25) is 0 Å². The lowest BCUT2D eigenvalue weighted by molar-refractivity contribution is 0.247. The highest BCUT2D eigenvalue weighted by molar-refractivity contribution is 7.91. The maximum Gasteiger partial charge on any atom is 0.179 e. The van der Waals surface area contributed by atoms with Crippen molar-refractivity contribution in [3.05, 3.63) is 59.4 Å². The minimum Gasteiger partial charge on any atom is -0.494 e. The van der Waals surface area contributed by atoms with Gasteiger partial charge in [-0.1, -0.05) is 57.0 Å². The Kier molecular flexibility index (Phi) is 6.13. The maximum absolute atomic E-state index is 14.6. The number of sulfone groups is 1. The van der Waals surface area contributed by atoms with Gasteiger partial charge in [0.25, 0.3) is 0 Å². The zero-order valence-corrected chi connectivity index (χ0v) is 17.7. The zero-order valence-electron chi connectivity index (χ0n) is 16.9. The van der Waals surface area contributed by atoms with Crippen LogP contribution in [0.1, 0.15) is 63.0 Å². The van der Waals surface area contributed by atoms with Crippen molar-refractivity contribution in [2.45, 2.75) is 56.8 Å². The van der Waals surface area contributed by atoms with E-state index in [1.54, 1.807) is 0 Å². The third-order valence-corrected chi connectivity index (χ3v) is 8.16. The molecule has 0 spiro atoms. The Bertz CT molecular complexity index is 924. The molecule has 0 aliphatic carbocycles. The van der Waals surface area contributed by atoms with E-state index in [0.717, 1.165) is 31.2 Å². The molecule has 152 valence electrons. The third kappa shape index (κ3) is 3.95. The van der Waals surface area contributed by atoms with Gasteiger partial charge in [0.05, 0.1) is 17.8 Å². The molecule has 2 atom stereocenters. The molecule has 0 amide bonds. The summed E-state index contributed by atoms with van der Waals surface area (Å²) in [5.74, 6) is -0.603. The lowest BCUT2D eigenvalue weighted by atomic mass is 9.71. The first-order chi connectivity index (χ1) is 13.4. The molecule has 2 aromatic carbocycles. The number of benzene rings is 2. The van der Waals surface area contributed by atoms with Gasteiger partial charge in [-0.05, 0) is 41.9 Å². The molecule has 3 nitrogen and oxygen atoms in total. The summed E-state index contributed by atoms with van der Waals surface area (Å²) in [5, 5.41) is 0. The summed E-state index contributed by atoms with van der Waals surface area (Å²) in [6, 6.07) is 12.6. The largest absolute Gasteiger partial charge is 0.494 e. The van der Waals surface area contributed by atoms with Gasteiger partial charge < -0.3 is 4.74 Å². The van der Waals surface area contributed by atoms with Crippen molar-refractivity contribution >= 4 is 9.84 Å². The predicted octanol–water partition coefficient (Wildman–Crippen LogP) is 5.73. The number of hydrogen-bond acceptors (Lipinski definition) is 3. The number of hydrogen-bond donors (Lipinski definition) is 0. The molecule has 0 fully saturated rings. The molecule has 1 heterocycles. The molecule has 0 bridgehead atoms. The fourth-order valence-electron chi connectivity index (χ4n) is 4.46. The summed E-state index contributed by atoms with van der Waals surface area (Å²) in [6.07, 6.45) is 4.34. The van der Waals surface area contributed by atoms with E-state index in [4.69, 9.17) is 4.74 Å². The molecular formula is C23H29FO3S. The smallest absolute Gasteiger partial charge is 0.179 e. The summed E-state index contributed by atoms with van der Waals surface area (Å²) >= 11 is 0. The van der Waals surface area contributed by atoms with Gasteiger partial charge in [0.2, 0.25) is 0 Å². The summed E-state index contributed by atoms with van der Waals surface area (Å²) in [4.78, 5) is 0.214. The molecule has 1 aliphatic rings. The SMILES string of the molecule is CCCCC1(CC)CC(c2ccccc2)c2cc(F)c(OC)cc2S(=O)(=O)C1. The molecular weight excluding hydrogens is 375 g/mol. The van der Waals surface area contributed by atoms with Gasteiger partial charge in [-0.25, -0.2) is 12.8 Å². The molecule has 0 aromatic heterocycles. The second kappa shape index (κ2) is 8.24. The van der Waals surface area contributed by atoms with Crippen LogP contribution in [0.25, 0.3) is 0 Å². The zero-order chi connectivity index (χ0) is 20.4. The average Bonchev–Trinajstić information content (AvgIpc) is 2.79. The standard InChI is InChI=1S/C23H29FO3S/c1-4-6-12-23(5-2)15-19(17-10-8-7-9-11-17)18-13-20(24)21(27-3)14-22(18)28(25,26)16-23/h7-11,13-14,19H,4-6,12,15-16H2,1-3H3. The quantitative estimate of drug-likeness (QED) is 0.578. The number of fused-ring (bicyclic) bond motifs is 1. The molecule has 28 heavy (non-hydrogen) atoms. The monoisotopic (exact) mass is 404 g/mol. The molecule has 0 N–H and O–H groups in total. The first-order valence-corrected chi connectivity index (χ1v) is 11.7. The molecule has 0 radical (unpaired) electrons. The highest BCUT2D eigenvalue weighted by Gasteiger charge is 2.42. The van der Waals surface area contributed by atoms with Crippen LogP contribution in [0, 0.1) is 11.2 Å². The van der Waals surface area contributed by atoms with Gasteiger partial charge in [0, 0.05) is 12.0 Å². The number of halogens is 1. The molecule has 5 heteroatoms. The summed E-state index contributed by atoms with van der Waals surface area (Å²) in [6.45, 7) is 4.20. The highest BCUT2D eigenvalue weighted by atomic mass is 32.2. The van der Waals surface area contributed by atoms with Gasteiger partial charge in [-0.15, -0.1) is 0 Å². The van der Waals surface area contributed by atoms with E-state index < -0.39 is 15.7 Å². The first-order valence-electron chi connectivity index (χ1n) is 10.0. The number of ether oxygens (including phenoxy) is 1. The van der Waals surface area contributed by atoms with Gasteiger partial charge in [0.1, 0.15) is 0 Å². The van der Waals surface area contributed by atoms with Crippen molar-refractivity contribution in [2.75, 3.05) is 12.9 Å². The van der Waals surface area contributed by atoms with Crippen molar-refractivity contribution in [3.63, 3.8) is 0 Å². The van der Waals surface area contributed by atoms with Crippen LogP contribution in [0.5, 0.6) is 5.75 Å². The summed E-state index contributed by atoms with van der Waals surface area (Å²) in [5.41, 5.74) is 1.26. The Balaban J connectivity index is 2.25. The third-order valence-electron chi connectivity index (χ3n) is 6.14.